The van der Waals surface area contributed by atoms with Gasteiger partial charge in [0.2, 0.25) is 0 Å². The molecule has 212 valence electrons. The minimum Gasteiger partial charge on any atom is -0.388 e. The minimum atomic E-state index is -0.629. The molecular weight excluding hydrogens is 512 g/mol. The van der Waals surface area contributed by atoms with Crippen molar-refractivity contribution in [2.45, 2.75) is 43.6 Å². The molecule has 41 heavy (non-hydrogen) atoms. The molecule has 1 amide bonds. The van der Waals surface area contributed by atoms with Crippen LogP contribution in [-0.2, 0) is 18.3 Å². The topological polar surface area (TPSA) is 122 Å². The van der Waals surface area contributed by atoms with Crippen LogP contribution in [0.5, 0.6) is 0 Å². The maximum absolute atomic E-state index is 12.6. The third kappa shape index (κ3) is 5.23. The Labute approximate surface area is 241 Å². The van der Waals surface area contributed by atoms with E-state index in [-0.39, 0.29) is 11.9 Å². The molecule has 1 aromatic heterocycles. The Morgan fingerprint density at radius 3 is 2.46 bits per heavy atom. The Hall–Kier alpha value is -4.42. The van der Waals surface area contributed by atoms with Gasteiger partial charge in [-0.05, 0) is 84.7 Å². The second-order valence-corrected chi connectivity index (χ2v) is 10.8. The number of nitrogens with zero attached hydrogens (tertiary/aromatic N) is 4. The molecule has 9 heteroatoms. The van der Waals surface area contributed by atoms with Gasteiger partial charge in [0.15, 0.2) is 0 Å². The molecule has 1 aliphatic heterocycles. The zero-order valence-corrected chi connectivity index (χ0v) is 23.9. The van der Waals surface area contributed by atoms with Crippen LogP contribution < -0.4 is 16.0 Å². The first-order valence-corrected chi connectivity index (χ1v) is 14.2. The fourth-order valence-corrected chi connectivity index (χ4v) is 6.41. The summed E-state index contributed by atoms with van der Waals surface area (Å²) in [6.45, 7) is 10.6. The molecule has 2 unspecified atom stereocenters. The predicted octanol–water partition coefficient (Wildman–Crippen LogP) is 3.27. The Morgan fingerprint density at radius 1 is 1.12 bits per heavy atom. The van der Waals surface area contributed by atoms with Crippen LogP contribution in [0.1, 0.15) is 63.3 Å². The molecule has 2 aromatic carbocycles. The average molecular weight is 551 g/mol. The number of aryl methyl sites for hydroxylation is 2. The lowest BCUT2D eigenvalue weighted by atomic mass is 9.69. The van der Waals surface area contributed by atoms with Gasteiger partial charge >= 0.3 is 0 Å². The van der Waals surface area contributed by atoms with E-state index in [1.165, 1.54) is 5.56 Å². The van der Waals surface area contributed by atoms with Gasteiger partial charge in [-0.25, -0.2) is 0 Å². The number of nitrogens with one attached hydrogen (secondary N) is 4. The van der Waals surface area contributed by atoms with E-state index in [1.807, 2.05) is 19.2 Å². The van der Waals surface area contributed by atoms with E-state index in [2.05, 4.69) is 79.5 Å². The molecule has 0 radical (unpaired) electrons. The van der Waals surface area contributed by atoms with E-state index < -0.39 is 5.41 Å². The van der Waals surface area contributed by atoms with Crippen molar-refractivity contribution in [3.63, 3.8) is 0 Å². The molecule has 0 spiro atoms. The number of rotatable bonds is 10. The number of likely N-dealkylation sites (tertiary alicyclic amines) is 1. The number of fused-ring (bicyclic) bond motifs is 2. The number of benzene rings is 2. The van der Waals surface area contributed by atoms with Crippen molar-refractivity contribution >= 4 is 11.6 Å². The number of H-pyrrole nitrogens is 1. The number of nitriles is 1. The van der Waals surface area contributed by atoms with Crippen molar-refractivity contribution in [3.05, 3.63) is 101 Å². The van der Waals surface area contributed by atoms with E-state index in [0.717, 1.165) is 71.7 Å². The second kappa shape index (κ2) is 12.0. The third-order valence-corrected chi connectivity index (χ3v) is 8.57. The van der Waals surface area contributed by atoms with Gasteiger partial charge in [0.25, 0.3) is 5.91 Å². The SMILES string of the molecule is C=C(NC)c1ccc2c(c1)CCc1cc(C(=O)NC)ccc1C2(CCNCC(=C)N1CCCC1C#N)c1nnc[nH]1. The van der Waals surface area contributed by atoms with Crippen molar-refractivity contribution in [2.24, 2.45) is 0 Å². The van der Waals surface area contributed by atoms with E-state index in [0.29, 0.717) is 25.1 Å². The summed E-state index contributed by atoms with van der Waals surface area (Å²) in [6, 6.07) is 14.8. The number of amides is 1. The van der Waals surface area contributed by atoms with E-state index in [1.54, 1.807) is 13.4 Å². The number of carbonyl (C=O) groups is 1. The molecule has 5 rings (SSSR count). The van der Waals surface area contributed by atoms with Gasteiger partial charge in [-0.1, -0.05) is 31.4 Å². The zero-order valence-electron chi connectivity index (χ0n) is 23.9. The summed E-state index contributed by atoms with van der Waals surface area (Å²) in [7, 11) is 3.53. The third-order valence-electron chi connectivity index (χ3n) is 8.57. The highest BCUT2D eigenvalue weighted by atomic mass is 16.1. The van der Waals surface area contributed by atoms with Gasteiger partial charge in [0.05, 0.1) is 11.5 Å². The number of aromatic amines is 1. The van der Waals surface area contributed by atoms with Crippen LogP contribution >= 0.6 is 0 Å². The quantitative estimate of drug-likeness (QED) is 0.286. The van der Waals surface area contributed by atoms with Gasteiger partial charge in [-0.2, -0.15) is 5.26 Å². The number of hydrogen-bond donors (Lipinski definition) is 4. The summed E-state index contributed by atoms with van der Waals surface area (Å²) in [5, 5.41) is 27.8. The molecule has 0 saturated carbocycles. The molecular formula is C32H38N8O. The lowest BCUT2D eigenvalue weighted by molar-refractivity contribution is 0.0963. The normalized spacial score (nSPS) is 19.4. The van der Waals surface area contributed by atoms with E-state index >= 15 is 0 Å². The number of carbonyl (C=O) groups excluding carboxylic acids is 1. The highest BCUT2D eigenvalue weighted by Gasteiger charge is 2.43. The molecule has 3 aromatic rings. The number of aromatic nitrogens is 3. The van der Waals surface area contributed by atoms with Crippen LogP contribution in [0.4, 0.5) is 0 Å². The molecule has 1 saturated heterocycles. The van der Waals surface area contributed by atoms with Gasteiger partial charge in [-0.3, -0.25) is 4.79 Å². The van der Waals surface area contributed by atoms with Crippen molar-refractivity contribution in [1.29, 1.82) is 5.26 Å². The number of hydrogen-bond acceptors (Lipinski definition) is 7. The van der Waals surface area contributed by atoms with Gasteiger partial charge in [0.1, 0.15) is 18.2 Å². The summed E-state index contributed by atoms with van der Waals surface area (Å²) < 4.78 is 0. The maximum atomic E-state index is 12.6. The first-order chi connectivity index (χ1) is 19.9. The van der Waals surface area contributed by atoms with Gasteiger partial charge < -0.3 is 25.8 Å². The van der Waals surface area contributed by atoms with Crippen LogP contribution in [0.15, 0.2) is 61.6 Å². The second-order valence-electron chi connectivity index (χ2n) is 10.8. The monoisotopic (exact) mass is 550 g/mol. The Kier molecular flexibility index (Phi) is 8.22. The highest BCUT2D eigenvalue weighted by Crippen LogP contribution is 2.46. The van der Waals surface area contributed by atoms with Crippen LogP contribution in [0.3, 0.4) is 0 Å². The van der Waals surface area contributed by atoms with Crippen LogP contribution in [0, 0.1) is 11.3 Å². The first-order valence-electron chi connectivity index (χ1n) is 14.2. The van der Waals surface area contributed by atoms with Gasteiger partial charge in [0, 0.05) is 44.1 Å². The highest BCUT2D eigenvalue weighted by molar-refractivity contribution is 5.94. The molecule has 2 heterocycles. The smallest absolute Gasteiger partial charge is 0.251 e. The van der Waals surface area contributed by atoms with Crippen LogP contribution in [0.2, 0.25) is 0 Å². The summed E-state index contributed by atoms with van der Waals surface area (Å²) in [5.74, 6) is 0.657. The Balaban J connectivity index is 1.55. The van der Waals surface area contributed by atoms with Crippen molar-refractivity contribution in [1.82, 2.24) is 36.0 Å². The van der Waals surface area contributed by atoms with Crippen molar-refractivity contribution in [3.8, 4) is 6.07 Å². The molecule has 2 aliphatic rings. The zero-order chi connectivity index (χ0) is 29.0. The lowest BCUT2D eigenvalue weighted by Gasteiger charge is -2.35. The predicted molar refractivity (Wildman–Crippen MR) is 160 cm³/mol. The molecule has 1 fully saturated rings. The average Bonchev–Trinajstić information content (AvgIpc) is 3.70. The van der Waals surface area contributed by atoms with Crippen LogP contribution in [0.25, 0.3) is 5.70 Å². The molecule has 4 N–H and O–H groups in total. The lowest BCUT2D eigenvalue weighted by Crippen LogP contribution is -2.38. The Morgan fingerprint density at radius 2 is 1.83 bits per heavy atom. The van der Waals surface area contributed by atoms with E-state index in [9.17, 15) is 10.1 Å². The summed E-state index contributed by atoms with van der Waals surface area (Å²) in [6.07, 6.45) is 5.82. The fraction of sp³-hybridized carbons (Fsp3) is 0.375. The minimum absolute atomic E-state index is 0.0958. The molecule has 2 atom stereocenters. The summed E-state index contributed by atoms with van der Waals surface area (Å²) >= 11 is 0. The fourth-order valence-electron chi connectivity index (χ4n) is 6.41. The van der Waals surface area contributed by atoms with Crippen molar-refractivity contribution < 1.29 is 4.79 Å². The molecule has 9 nitrogen and oxygen atoms in total. The van der Waals surface area contributed by atoms with E-state index in [4.69, 9.17) is 0 Å². The Bertz CT molecular complexity index is 1420. The summed E-state index contributed by atoms with van der Waals surface area (Å²) in [4.78, 5) is 18.0. The largest absolute Gasteiger partial charge is 0.388 e. The van der Waals surface area contributed by atoms with Crippen molar-refractivity contribution in [2.75, 3.05) is 33.7 Å². The summed E-state index contributed by atoms with van der Waals surface area (Å²) in [5.41, 5.74) is 7.47. The maximum Gasteiger partial charge on any atom is 0.251 e. The molecule has 0 bridgehead atoms. The molecule has 1 aliphatic carbocycles. The standard InChI is InChI=1S/C32H38N8O/c1-21(40-15-5-6-27(40)18-33)19-36-14-13-32(31-37-20-38-39-31)28-11-9-23(22(2)34-3)16-24(28)7-8-25-17-26(30(41)35-4)10-12-29(25)32/h9-12,16-17,20,27,34,36H,1-2,5-8,13-15,19H2,3-4H3,(H,35,41)(H,37,38,39). The van der Waals surface area contributed by atoms with Gasteiger partial charge in [-0.15, -0.1) is 10.2 Å². The first kappa shape index (κ1) is 28.1. The van der Waals surface area contributed by atoms with Crippen LogP contribution in [-0.4, -0.2) is 65.8 Å².